The summed E-state index contributed by atoms with van der Waals surface area (Å²) in [6, 6.07) is 15.3. The minimum absolute atomic E-state index is 0.0370. The van der Waals surface area contributed by atoms with E-state index in [-0.39, 0.29) is 81.4 Å². The van der Waals surface area contributed by atoms with Gasteiger partial charge in [0.05, 0.1) is 37.1 Å². The van der Waals surface area contributed by atoms with Crippen LogP contribution in [0.2, 0.25) is 0 Å². The lowest BCUT2D eigenvalue weighted by atomic mass is 9.95. The number of aliphatic hydroxyl groups is 1. The van der Waals surface area contributed by atoms with Gasteiger partial charge in [0.15, 0.2) is 5.78 Å². The maximum atomic E-state index is 13.8. The second-order valence-electron chi connectivity index (χ2n) is 13.7. The van der Waals surface area contributed by atoms with Gasteiger partial charge in [-0.1, -0.05) is 75.4 Å². The first-order valence-corrected chi connectivity index (χ1v) is 18.7. The van der Waals surface area contributed by atoms with Crippen molar-refractivity contribution in [2.75, 3.05) is 44.4 Å². The van der Waals surface area contributed by atoms with E-state index < -0.39 is 6.09 Å². The lowest BCUT2D eigenvalue weighted by Crippen LogP contribution is -2.42. The largest absolute Gasteiger partial charge is 0.448 e. The van der Waals surface area contributed by atoms with Crippen LogP contribution < -0.4 is 20.9 Å². The van der Waals surface area contributed by atoms with Gasteiger partial charge in [0.1, 0.15) is 12.3 Å². The summed E-state index contributed by atoms with van der Waals surface area (Å²) in [5.41, 5.74) is 4.53. The molecule has 14 heteroatoms. The Morgan fingerprint density at radius 1 is 0.868 bits per heavy atom. The molecule has 0 aliphatic carbocycles. The summed E-state index contributed by atoms with van der Waals surface area (Å²) in [5, 5.41) is 26.8. The Morgan fingerprint density at radius 2 is 1.62 bits per heavy atom. The topological polar surface area (TPSA) is 177 Å². The van der Waals surface area contributed by atoms with Crippen LogP contribution in [0.3, 0.4) is 0 Å². The summed E-state index contributed by atoms with van der Waals surface area (Å²) in [6.45, 7) is 9.73. The quantitative estimate of drug-likeness (QED) is 0.116. The predicted molar refractivity (Wildman–Crippen MR) is 202 cm³/mol. The Hall–Kier alpha value is -4.66. The molecular formula is C39H55N7O7. The molecule has 2 heterocycles. The van der Waals surface area contributed by atoms with Gasteiger partial charge in [-0.2, -0.15) is 0 Å². The number of nitrogens with one attached hydrogen (secondary N) is 3. The van der Waals surface area contributed by atoms with Gasteiger partial charge in [-0.25, -0.2) is 9.48 Å². The summed E-state index contributed by atoms with van der Waals surface area (Å²) < 4.78 is 12.5. The zero-order valence-electron chi connectivity index (χ0n) is 31.4. The lowest BCUT2D eigenvalue weighted by molar-refractivity contribution is -0.124. The number of fused-ring (bicyclic) bond motifs is 5. The maximum absolute atomic E-state index is 13.8. The van der Waals surface area contributed by atoms with Crippen LogP contribution in [0, 0.1) is 5.92 Å². The number of unbranched alkanes of at least 4 members (excludes halogenated alkanes) is 1. The van der Waals surface area contributed by atoms with E-state index in [0.29, 0.717) is 56.0 Å². The highest BCUT2D eigenvalue weighted by Gasteiger charge is 2.29. The Bertz CT molecular complexity index is 1660. The van der Waals surface area contributed by atoms with E-state index in [1.807, 2.05) is 76.2 Å². The van der Waals surface area contributed by atoms with Crippen LogP contribution >= 0.6 is 0 Å². The molecule has 0 spiro atoms. The molecule has 2 aromatic carbocycles. The molecular weight excluding hydrogens is 678 g/mol. The number of carbonyl (C=O) groups excluding carboxylic acids is 4. The summed E-state index contributed by atoms with van der Waals surface area (Å²) in [5.74, 6) is -0.210. The highest BCUT2D eigenvalue weighted by molar-refractivity contribution is 6.00. The second kappa shape index (κ2) is 21.1. The SMILES string of the molecule is CC(C)NC(CCCCNC(=O)OCCn1nnc2c1-c1ccccc1N(C(=O)CCNC(=O)CCOCCCO)Cc1ccccc1-2)C(=O)C(C)C. The molecule has 1 aromatic heterocycles. The lowest BCUT2D eigenvalue weighted by Gasteiger charge is -2.29. The van der Waals surface area contributed by atoms with E-state index in [1.54, 1.807) is 9.58 Å². The van der Waals surface area contributed by atoms with E-state index in [0.717, 1.165) is 23.1 Å². The highest BCUT2D eigenvalue weighted by Crippen LogP contribution is 2.41. The number of ketones is 1. The van der Waals surface area contributed by atoms with E-state index in [4.69, 9.17) is 14.6 Å². The number of rotatable bonds is 21. The summed E-state index contributed by atoms with van der Waals surface area (Å²) in [6.07, 6.45) is 2.44. The van der Waals surface area contributed by atoms with E-state index in [2.05, 4.69) is 26.3 Å². The third kappa shape index (κ3) is 12.2. The number of benzene rings is 2. The number of alkyl carbamates (subject to hydrolysis) is 1. The number of carbonyl (C=O) groups is 4. The average Bonchev–Trinajstić information content (AvgIpc) is 3.54. The van der Waals surface area contributed by atoms with E-state index in [1.165, 1.54) is 0 Å². The summed E-state index contributed by atoms with van der Waals surface area (Å²) in [7, 11) is 0. The summed E-state index contributed by atoms with van der Waals surface area (Å²) in [4.78, 5) is 53.0. The highest BCUT2D eigenvalue weighted by atomic mass is 16.5. The molecule has 1 unspecified atom stereocenters. The van der Waals surface area contributed by atoms with Gasteiger partial charge in [0.25, 0.3) is 0 Å². The molecule has 1 aliphatic rings. The van der Waals surface area contributed by atoms with Crippen molar-refractivity contribution < 1.29 is 33.8 Å². The zero-order chi connectivity index (χ0) is 38.2. The van der Waals surface area contributed by atoms with Crippen LogP contribution in [0.15, 0.2) is 48.5 Å². The zero-order valence-corrected chi connectivity index (χ0v) is 31.4. The molecule has 53 heavy (non-hydrogen) atoms. The minimum Gasteiger partial charge on any atom is -0.448 e. The van der Waals surface area contributed by atoms with Crippen molar-refractivity contribution in [1.29, 1.82) is 0 Å². The van der Waals surface area contributed by atoms with Crippen molar-refractivity contribution >= 4 is 29.4 Å². The molecule has 0 radical (unpaired) electrons. The van der Waals surface area contributed by atoms with Gasteiger partial charge in [-0.3, -0.25) is 14.4 Å². The van der Waals surface area contributed by atoms with Crippen molar-refractivity contribution in [1.82, 2.24) is 30.9 Å². The number of ether oxygens (including phenoxy) is 2. The molecule has 1 atom stereocenters. The number of aromatic nitrogens is 3. The molecule has 0 saturated carbocycles. The third-order valence-corrected chi connectivity index (χ3v) is 8.84. The van der Waals surface area contributed by atoms with Crippen LogP contribution in [0.5, 0.6) is 0 Å². The molecule has 0 bridgehead atoms. The fraction of sp³-hybridized carbons (Fsp3) is 0.538. The number of amides is 3. The van der Waals surface area contributed by atoms with Crippen LogP contribution in [0.1, 0.15) is 71.8 Å². The predicted octanol–water partition coefficient (Wildman–Crippen LogP) is 4.24. The van der Waals surface area contributed by atoms with Crippen LogP contribution in [0.4, 0.5) is 10.5 Å². The third-order valence-electron chi connectivity index (χ3n) is 8.84. The Labute approximate surface area is 312 Å². The van der Waals surface area contributed by atoms with Crippen molar-refractivity contribution in [3.05, 3.63) is 54.1 Å². The Kier molecular flexibility index (Phi) is 16.4. The number of nitrogens with zero attached hydrogens (tertiary/aromatic N) is 4. The van der Waals surface area contributed by atoms with E-state index >= 15 is 0 Å². The van der Waals surface area contributed by atoms with Gasteiger partial charge in [0.2, 0.25) is 11.8 Å². The van der Waals surface area contributed by atoms with Crippen LogP contribution in [0.25, 0.3) is 22.5 Å². The summed E-state index contributed by atoms with van der Waals surface area (Å²) >= 11 is 0. The Balaban J connectivity index is 1.38. The minimum atomic E-state index is -0.535. The van der Waals surface area contributed by atoms with E-state index in [9.17, 15) is 19.2 Å². The molecule has 0 fully saturated rings. The normalized spacial score (nSPS) is 12.7. The Morgan fingerprint density at radius 3 is 2.38 bits per heavy atom. The molecule has 288 valence electrons. The molecule has 4 N–H and O–H groups in total. The number of para-hydroxylation sites is 1. The average molecular weight is 734 g/mol. The first-order chi connectivity index (χ1) is 25.6. The number of aliphatic hydroxyl groups excluding tert-OH is 1. The first kappa shape index (κ1) is 41.1. The fourth-order valence-corrected chi connectivity index (χ4v) is 6.21. The number of anilines is 1. The smallest absolute Gasteiger partial charge is 0.407 e. The molecule has 1 aliphatic heterocycles. The molecule has 3 amide bonds. The van der Waals surface area contributed by atoms with Gasteiger partial charge < -0.3 is 35.4 Å². The van der Waals surface area contributed by atoms with Crippen LogP contribution in [-0.2, 0) is 36.9 Å². The molecule has 4 rings (SSSR count). The van der Waals surface area contributed by atoms with Gasteiger partial charge in [0, 0.05) is 62.2 Å². The number of hydrogen-bond donors (Lipinski definition) is 4. The van der Waals surface area contributed by atoms with Crippen LogP contribution in [-0.4, -0.2) is 95.4 Å². The van der Waals surface area contributed by atoms with Gasteiger partial charge >= 0.3 is 6.09 Å². The second-order valence-corrected chi connectivity index (χ2v) is 13.7. The maximum Gasteiger partial charge on any atom is 0.407 e. The van der Waals surface area contributed by atoms with Crippen molar-refractivity contribution in [3.63, 3.8) is 0 Å². The molecule has 14 nitrogen and oxygen atoms in total. The van der Waals surface area contributed by atoms with Crippen molar-refractivity contribution in [2.24, 2.45) is 5.92 Å². The van der Waals surface area contributed by atoms with Crippen molar-refractivity contribution in [2.45, 2.75) is 91.4 Å². The number of hydrogen-bond acceptors (Lipinski definition) is 10. The standard InChI is InChI=1S/C39H55N7O7/c1-27(2)38(50)32(42-28(3)4)15-9-10-19-41-39(51)53-25-21-46-37-31-14-7-8-16-33(31)45(26-29-12-5-6-13-30(29)36(37)43-44-46)35(49)17-20-40-34(48)18-24-52-23-11-22-47/h5-8,12-14,16,27-28,32,42,47H,9-11,15,17-26H2,1-4H3,(H,40,48)(H,41,51). The van der Waals surface area contributed by atoms with Gasteiger partial charge in [-0.05, 0) is 37.3 Å². The van der Waals surface area contributed by atoms with Crippen molar-refractivity contribution in [3.8, 4) is 22.5 Å². The first-order valence-electron chi connectivity index (χ1n) is 18.7. The monoisotopic (exact) mass is 733 g/mol. The molecule has 0 saturated heterocycles. The fourth-order valence-electron chi connectivity index (χ4n) is 6.21. The molecule has 3 aromatic rings. The number of Topliss-reactive ketones (excluding diaryl/α,β-unsaturated/α-hetero) is 1. The van der Waals surface area contributed by atoms with Gasteiger partial charge in [-0.15, -0.1) is 5.10 Å².